The fourth-order valence-electron chi connectivity index (χ4n) is 1.12. The van der Waals surface area contributed by atoms with Crippen molar-refractivity contribution >= 4 is 0 Å². The van der Waals surface area contributed by atoms with E-state index in [0.29, 0.717) is 0 Å². The summed E-state index contributed by atoms with van der Waals surface area (Å²) in [4.78, 5) is 3.34. The van der Waals surface area contributed by atoms with Crippen molar-refractivity contribution in [1.29, 1.82) is 0 Å². The number of nitrogens with zero attached hydrogens (tertiary/aromatic N) is 1. The van der Waals surface area contributed by atoms with Gasteiger partial charge in [0.1, 0.15) is 6.10 Å². The highest BCUT2D eigenvalue weighted by Crippen LogP contribution is 2.19. The quantitative estimate of drug-likeness (QED) is 0.599. The molecule has 0 fully saturated rings. The molecule has 0 bridgehead atoms. The highest BCUT2D eigenvalue weighted by molar-refractivity contribution is 5.15. The van der Waals surface area contributed by atoms with Crippen LogP contribution in [0.4, 0.5) is 4.39 Å². The van der Waals surface area contributed by atoms with E-state index < -0.39 is 18.2 Å². The van der Waals surface area contributed by atoms with Gasteiger partial charge in [-0.1, -0.05) is 6.07 Å². The molecular formula is C9H12FNO3. The van der Waals surface area contributed by atoms with E-state index in [1.165, 1.54) is 18.3 Å². The van der Waals surface area contributed by atoms with Crippen LogP contribution >= 0.6 is 0 Å². The van der Waals surface area contributed by atoms with Gasteiger partial charge in [-0.2, -0.15) is 4.39 Å². The monoisotopic (exact) mass is 201 g/mol. The van der Waals surface area contributed by atoms with Gasteiger partial charge >= 0.3 is 0 Å². The smallest absolute Gasteiger partial charge is 0.218 e. The number of pyridine rings is 1. The number of aromatic nitrogens is 1. The summed E-state index contributed by atoms with van der Waals surface area (Å²) in [7, 11) is 0. The Labute approximate surface area is 80.7 Å². The molecule has 1 aromatic heterocycles. The van der Waals surface area contributed by atoms with Gasteiger partial charge in [-0.3, -0.25) is 0 Å². The van der Waals surface area contributed by atoms with Crippen molar-refractivity contribution in [3.8, 4) is 0 Å². The normalized spacial score (nSPS) is 15.1. The number of aliphatic hydroxyl groups excluding tert-OH is 3. The molecule has 2 atom stereocenters. The van der Waals surface area contributed by atoms with Crippen LogP contribution in [0.5, 0.6) is 0 Å². The molecule has 4 nitrogen and oxygen atoms in total. The van der Waals surface area contributed by atoms with Gasteiger partial charge in [-0.25, -0.2) is 4.98 Å². The summed E-state index contributed by atoms with van der Waals surface area (Å²) < 4.78 is 13.0. The fourth-order valence-corrected chi connectivity index (χ4v) is 1.12. The molecule has 14 heavy (non-hydrogen) atoms. The minimum Gasteiger partial charge on any atom is -0.396 e. The molecule has 2 unspecified atom stereocenters. The van der Waals surface area contributed by atoms with Gasteiger partial charge in [0.2, 0.25) is 5.95 Å². The first-order valence-electron chi connectivity index (χ1n) is 4.24. The number of rotatable bonds is 4. The van der Waals surface area contributed by atoms with Gasteiger partial charge < -0.3 is 15.3 Å². The molecule has 1 rings (SSSR count). The predicted octanol–water partition coefficient (Wildman–Crippen LogP) is -0.00260. The third-order valence-electron chi connectivity index (χ3n) is 1.90. The number of hydrogen-bond donors (Lipinski definition) is 3. The lowest BCUT2D eigenvalue weighted by molar-refractivity contribution is 0.00196. The van der Waals surface area contributed by atoms with Crippen molar-refractivity contribution in [3.63, 3.8) is 0 Å². The Hall–Kier alpha value is -1.04. The molecule has 78 valence electrons. The SMILES string of the molecule is OCCC(O)C(O)c1cccnc1F. The molecule has 0 spiro atoms. The van der Waals surface area contributed by atoms with Gasteiger partial charge in [0, 0.05) is 18.4 Å². The maximum atomic E-state index is 13.0. The summed E-state index contributed by atoms with van der Waals surface area (Å²) in [5, 5.41) is 27.3. The van der Waals surface area contributed by atoms with E-state index in [2.05, 4.69) is 4.98 Å². The average Bonchev–Trinajstić information content (AvgIpc) is 2.18. The highest BCUT2D eigenvalue weighted by Gasteiger charge is 2.21. The summed E-state index contributed by atoms with van der Waals surface area (Å²) in [5.74, 6) is -0.808. The van der Waals surface area contributed by atoms with E-state index >= 15 is 0 Å². The zero-order chi connectivity index (χ0) is 10.6. The molecule has 0 aliphatic heterocycles. The summed E-state index contributed by atoms with van der Waals surface area (Å²) in [6.07, 6.45) is -1.28. The van der Waals surface area contributed by atoms with Crippen LogP contribution in [0, 0.1) is 5.95 Å². The van der Waals surface area contributed by atoms with E-state index in [-0.39, 0.29) is 18.6 Å². The molecule has 1 aromatic rings. The zero-order valence-electron chi connectivity index (χ0n) is 7.47. The van der Waals surface area contributed by atoms with Crippen molar-refractivity contribution in [2.24, 2.45) is 0 Å². The van der Waals surface area contributed by atoms with Gasteiger partial charge in [-0.05, 0) is 12.5 Å². The first kappa shape index (κ1) is 11.0. The Morgan fingerprint density at radius 3 is 2.71 bits per heavy atom. The van der Waals surface area contributed by atoms with Crippen LogP contribution in [0.15, 0.2) is 18.3 Å². The summed E-state index contributed by atoms with van der Waals surface area (Å²) >= 11 is 0. The van der Waals surface area contributed by atoms with Gasteiger partial charge in [0.05, 0.1) is 6.10 Å². The number of aliphatic hydroxyl groups is 3. The Kier molecular flexibility index (Phi) is 3.94. The number of halogens is 1. The van der Waals surface area contributed by atoms with Crippen LogP contribution in [0.1, 0.15) is 18.1 Å². The second-order valence-corrected chi connectivity index (χ2v) is 2.91. The molecule has 5 heteroatoms. The van der Waals surface area contributed by atoms with Crippen LogP contribution in [-0.4, -0.2) is 33.0 Å². The highest BCUT2D eigenvalue weighted by atomic mass is 19.1. The second kappa shape index (κ2) is 4.99. The first-order valence-corrected chi connectivity index (χ1v) is 4.24. The summed E-state index contributed by atoms with van der Waals surface area (Å²) in [6, 6.07) is 2.81. The van der Waals surface area contributed by atoms with Gasteiger partial charge in [0.15, 0.2) is 0 Å². The van der Waals surface area contributed by atoms with E-state index in [9.17, 15) is 14.6 Å². The largest absolute Gasteiger partial charge is 0.396 e. The van der Waals surface area contributed by atoms with Gasteiger partial charge in [-0.15, -0.1) is 0 Å². The molecule has 0 saturated carbocycles. The molecule has 0 saturated heterocycles. The lowest BCUT2D eigenvalue weighted by Crippen LogP contribution is -2.20. The maximum absolute atomic E-state index is 13.0. The third-order valence-corrected chi connectivity index (χ3v) is 1.90. The standard InChI is InChI=1S/C9H12FNO3/c10-9-6(2-1-4-11-9)8(14)7(13)3-5-12/h1-2,4,7-8,12-14H,3,5H2. The van der Waals surface area contributed by atoms with Crippen molar-refractivity contribution in [3.05, 3.63) is 29.8 Å². The van der Waals surface area contributed by atoms with Crippen molar-refractivity contribution in [2.45, 2.75) is 18.6 Å². The average molecular weight is 201 g/mol. The Morgan fingerprint density at radius 2 is 2.14 bits per heavy atom. The molecule has 0 radical (unpaired) electrons. The van der Waals surface area contributed by atoms with Crippen molar-refractivity contribution in [2.75, 3.05) is 6.61 Å². The molecule has 0 aliphatic carbocycles. The molecule has 0 aliphatic rings. The topological polar surface area (TPSA) is 73.6 Å². The minimum absolute atomic E-state index is 0.00446. The molecule has 0 aromatic carbocycles. The van der Waals surface area contributed by atoms with E-state index in [0.717, 1.165) is 0 Å². The maximum Gasteiger partial charge on any atom is 0.218 e. The second-order valence-electron chi connectivity index (χ2n) is 2.91. The number of hydrogen-bond acceptors (Lipinski definition) is 4. The van der Waals surface area contributed by atoms with Crippen LogP contribution < -0.4 is 0 Å². The fraction of sp³-hybridized carbons (Fsp3) is 0.444. The molecular weight excluding hydrogens is 189 g/mol. The van der Waals surface area contributed by atoms with Crippen LogP contribution in [0.25, 0.3) is 0 Å². The van der Waals surface area contributed by atoms with Crippen molar-refractivity contribution < 1.29 is 19.7 Å². The van der Waals surface area contributed by atoms with Crippen molar-refractivity contribution in [1.82, 2.24) is 4.98 Å². The minimum atomic E-state index is -1.35. The van der Waals surface area contributed by atoms with Crippen LogP contribution in [0.2, 0.25) is 0 Å². The lowest BCUT2D eigenvalue weighted by Gasteiger charge is -2.16. The van der Waals surface area contributed by atoms with E-state index in [4.69, 9.17) is 5.11 Å². The van der Waals surface area contributed by atoms with Crippen LogP contribution in [-0.2, 0) is 0 Å². The summed E-state index contributed by atoms with van der Waals surface area (Å²) in [5.41, 5.74) is -0.0616. The Bertz CT molecular complexity index is 295. The lowest BCUT2D eigenvalue weighted by atomic mass is 10.0. The summed E-state index contributed by atoms with van der Waals surface area (Å²) in [6.45, 7) is -0.264. The zero-order valence-corrected chi connectivity index (χ0v) is 7.47. The Morgan fingerprint density at radius 1 is 1.43 bits per heavy atom. The van der Waals surface area contributed by atoms with E-state index in [1.54, 1.807) is 0 Å². The van der Waals surface area contributed by atoms with Crippen LogP contribution in [0.3, 0.4) is 0 Å². The Balaban J connectivity index is 2.78. The third kappa shape index (κ3) is 2.47. The predicted molar refractivity (Wildman–Crippen MR) is 46.9 cm³/mol. The molecule has 1 heterocycles. The van der Waals surface area contributed by atoms with E-state index in [1.807, 2.05) is 0 Å². The van der Waals surface area contributed by atoms with Gasteiger partial charge in [0.25, 0.3) is 0 Å². The molecule has 3 N–H and O–H groups in total. The molecule has 0 amide bonds. The first-order chi connectivity index (χ1) is 6.66.